The van der Waals surface area contributed by atoms with E-state index in [1.165, 1.54) is 0 Å². The van der Waals surface area contributed by atoms with Crippen LogP contribution in [0.3, 0.4) is 0 Å². The van der Waals surface area contributed by atoms with Gasteiger partial charge in [0.2, 0.25) is 0 Å². The highest BCUT2D eigenvalue weighted by Gasteiger charge is 2.74. The molecule has 1 saturated carbocycles. The van der Waals surface area contributed by atoms with Crippen LogP contribution in [0.25, 0.3) is 0 Å². The van der Waals surface area contributed by atoms with Gasteiger partial charge >= 0.3 is 5.97 Å². The van der Waals surface area contributed by atoms with Crippen LogP contribution in [0.15, 0.2) is 41.5 Å². The molecule has 1 saturated heterocycles. The zero-order chi connectivity index (χ0) is 28.0. The molecule has 1 aliphatic heterocycles. The second-order valence-corrected chi connectivity index (χ2v) is 13.1. The second-order valence-electron chi connectivity index (χ2n) is 12.7. The Morgan fingerprint density at radius 1 is 1.18 bits per heavy atom. The Morgan fingerprint density at radius 3 is 2.53 bits per heavy atom. The minimum atomic E-state index is -1.92. The number of esters is 1. The number of allylic oxidation sites excluding steroid dienone is 1. The molecule has 206 valence electrons. The summed E-state index contributed by atoms with van der Waals surface area (Å²) in [7, 11) is 0. The van der Waals surface area contributed by atoms with Crippen molar-refractivity contribution in [1.82, 2.24) is 0 Å². The van der Waals surface area contributed by atoms with E-state index in [2.05, 4.69) is 20.8 Å². The Morgan fingerprint density at radius 2 is 1.87 bits per heavy atom. The molecule has 1 aromatic rings. The summed E-state index contributed by atoms with van der Waals surface area (Å²) in [6, 6.07) is 4.77. The van der Waals surface area contributed by atoms with Crippen molar-refractivity contribution in [3.05, 3.63) is 52.1 Å². The van der Waals surface area contributed by atoms with Crippen molar-refractivity contribution in [2.45, 2.75) is 78.5 Å². The molecular weight excluding hydrogens is 506 g/mol. The fraction of sp³-hybridized carbons (Fsp3) is 0.600. The van der Waals surface area contributed by atoms with E-state index in [1.807, 2.05) is 19.1 Å². The molecule has 7 nitrogen and oxygen atoms in total. The van der Waals surface area contributed by atoms with E-state index >= 15 is 0 Å². The van der Waals surface area contributed by atoms with Crippen LogP contribution in [-0.4, -0.2) is 47.1 Å². The van der Waals surface area contributed by atoms with Gasteiger partial charge in [0, 0.05) is 11.6 Å². The summed E-state index contributed by atoms with van der Waals surface area (Å²) in [5.74, 6) is -2.44. The van der Waals surface area contributed by atoms with Crippen molar-refractivity contribution in [3.8, 4) is 0 Å². The molecule has 8 heteroatoms. The Labute approximate surface area is 229 Å². The molecule has 2 bridgehead atoms. The van der Waals surface area contributed by atoms with Gasteiger partial charge in [-0.15, -0.1) is 0 Å². The Balaban J connectivity index is 1.73. The number of ketones is 1. The summed E-state index contributed by atoms with van der Waals surface area (Å²) in [6.45, 7) is 13.9. The second kappa shape index (κ2) is 8.65. The number of halogens is 1. The lowest BCUT2D eigenvalue weighted by molar-refractivity contribution is -0.302. The van der Waals surface area contributed by atoms with Crippen molar-refractivity contribution in [2.75, 3.05) is 12.3 Å². The standard InChI is InChI=1S/C30H38ClNO6/c1-15-13-29-17(3)11-16(2)27(4,5)19(23(29)33)12-18-14-36-28(6,7)38-25(18)30(29,35)24(15)37-26(34)22-20(31)9-8-10-21(22)32/h8-10,12-13,16-17,19,24-25,35H,11,14,32H2,1-7H3/t16-,17+,19?,24?,25?,29?,30?/m0/s1. The third kappa shape index (κ3) is 3.58. The van der Waals surface area contributed by atoms with E-state index in [1.54, 1.807) is 39.0 Å². The first-order valence-electron chi connectivity index (χ1n) is 13.3. The number of carbonyl (C=O) groups excluding carboxylic acids is 2. The quantitative estimate of drug-likeness (QED) is 0.303. The lowest BCUT2D eigenvalue weighted by Crippen LogP contribution is -2.68. The van der Waals surface area contributed by atoms with Crippen molar-refractivity contribution >= 4 is 29.0 Å². The third-order valence-corrected chi connectivity index (χ3v) is 10.1. The zero-order valence-electron chi connectivity index (χ0n) is 23.1. The summed E-state index contributed by atoms with van der Waals surface area (Å²) in [6.07, 6.45) is 2.38. The van der Waals surface area contributed by atoms with Crippen LogP contribution in [-0.2, 0) is 19.0 Å². The molecule has 0 radical (unpaired) electrons. The number of nitrogens with two attached hydrogens (primary N) is 1. The molecule has 1 aromatic carbocycles. The fourth-order valence-electron chi connectivity index (χ4n) is 7.28. The third-order valence-electron chi connectivity index (χ3n) is 9.76. The van der Waals surface area contributed by atoms with Gasteiger partial charge < -0.3 is 25.1 Å². The number of Topliss-reactive ketones (excluding diaryl/α,β-unsaturated/α-hetero) is 1. The van der Waals surface area contributed by atoms with Crippen LogP contribution in [0.5, 0.6) is 0 Å². The maximum atomic E-state index is 14.8. The van der Waals surface area contributed by atoms with Gasteiger partial charge in [-0.25, -0.2) is 4.79 Å². The molecule has 2 fully saturated rings. The van der Waals surface area contributed by atoms with Gasteiger partial charge in [-0.2, -0.15) is 0 Å². The molecule has 5 unspecified atom stereocenters. The first kappa shape index (κ1) is 27.4. The summed E-state index contributed by atoms with van der Waals surface area (Å²) in [5.41, 5.74) is 3.91. The first-order valence-corrected chi connectivity index (χ1v) is 13.7. The van der Waals surface area contributed by atoms with Crippen LogP contribution in [0.2, 0.25) is 5.02 Å². The van der Waals surface area contributed by atoms with Gasteiger partial charge in [-0.05, 0) is 67.7 Å². The van der Waals surface area contributed by atoms with Gasteiger partial charge in [0.15, 0.2) is 23.3 Å². The average Bonchev–Trinajstić information content (AvgIpc) is 2.98. The van der Waals surface area contributed by atoms with Crippen molar-refractivity contribution in [2.24, 2.45) is 28.6 Å². The monoisotopic (exact) mass is 543 g/mol. The number of rotatable bonds is 2. The highest BCUT2D eigenvalue weighted by molar-refractivity contribution is 6.34. The summed E-state index contributed by atoms with van der Waals surface area (Å²) in [5, 5.41) is 13.2. The first-order chi connectivity index (χ1) is 17.6. The molecule has 3 aliphatic carbocycles. The van der Waals surface area contributed by atoms with E-state index < -0.39 is 40.9 Å². The van der Waals surface area contributed by atoms with E-state index in [9.17, 15) is 14.7 Å². The van der Waals surface area contributed by atoms with Gasteiger partial charge in [0.25, 0.3) is 0 Å². The largest absolute Gasteiger partial charge is 0.451 e. The number of fused-ring (bicyclic) bond motifs is 3. The fourth-order valence-corrected chi connectivity index (χ4v) is 7.54. The number of nitrogen functional groups attached to an aromatic ring is 1. The number of ether oxygens (including phenoxy) is 3. The van der Waals surface area contributed by atoms with Crippen LogP contribution < -0.4 is 5.73 Å². The van der Waals surface area contributed by atoms with Crippen LogP contribution in [0.1, 0.15) is 65.2 Å². The number of aliphatic hydroxyl groups is 1. The maximum Gasteiger partial charge on any atom is 0.342 e. The number of hydrogen-bond acceptors (Lipinski definition) is 7. The van der Waals surface area contributed by atoms with Crippen LogP contribution in [0.4, 0.5) is 5.69 Å². The van der Waals surface area contributed by atoms with Crippen LogP contribution >= 0.6 is 11.6 Å². The van der Waals surface area contributed by atoms with E-state index in [-0.39, 0.29) is 45.9 Å². The lowest BCUT2D eigenvalue weighted by Gasteiger charge is -2.52. The molecule has 0 aromatic heterocycles. The molecule has 7 atom stereocenters. The van der Waals surface area contributed by atoms with E-state index in [0.717, 1.165) is 0 Å². The smallest absolute Gasteiger partial charge is 0.342 e. The number of benzene rings is 1. The van der Waals surface area contributed by atoms with Gasteiger partial charge in [-0.3, -0.25) is 4.79 Å². The molecule has 1 spiro atoms. The van der Waals surface area contributed by atoms with Gasteiger partial charge in [-0.1, -0.05) is 57.5 Å². The van der Waals surface area contributed by atoms with E-state index in [0.29, 0.717) is 17.6 Å². The highest BCUT2D eigenvalue weighted by Crippen LogP contribution is 2.64. The van der Waals surface area contributed by atoms with Crippen molar-refractivity contribution in [1.29, 1.82) is 0 Å². The summed E-state index contributed by atoms with van der Waals surface area (Å²) in [4.78, 5) is 28.3. The zero-order valence-corrected chi connectivity index (χ0v) is 23.9. The maximum absolute atomic E-state index is 14.8. The molecule has 1 heterocycles. The summed E-state index contributed by atoms with van der Waals surface area (Å²) >= 11 is 6.33. The highest BCUT2D eigenvalue weighted by atomic mass is 35.5. The Hall–Kier alpha value is -2.19. The van der Waals surface area contributed by atoms with Crippen molar-refractivity contribution < 1.29 is 28.9 Å². The Kier molecular flexibility index (Phi) is 6.24. The van der Waals surface area contributed by atoms with Crippen molar-refractivity contribution in [3.63, 3.8) is 0 Å². The number of anilines is 1. The minimum Gasteiger partial charge on any atom is -0.451 e. The lowest BCUT2D eigenvalue weighted by atomic mass is 9.59. The molecule has 3 N–H and O–H groups in total. The molecular formula is C30H38ClNO6. The molecule has 5 rings (SSSR count). The van der Waals surface area contributed by atoms with Gasteiger partial charge in [0.05, 0.1) is 17.0 Å². The predicted octanol–water partition coefficient (Wildman–Crippen LogP) is 5.10. The SMILES string of the molecule is CC1=CC23C(=O)C(C=C4COC(C)(C)OC4C2(O)C1OC(=O)c1c(N)cccc1Cl)C(C)(C)[C@@H](C)C[C@H]3C. The molecule has 38 heavy (non-hydrogen) atoms. The average molecular weight is 544 g/mol. The number of carbonyl (C=O) groups is 2. The molecule has 0 amide bonds. The van der Waals surface area contributed by atoms with Crippen LogP contribution in [0, 0.1) is 28.6 Å². The van der Waals surface area contributed by atoms with E-state index in [4.69, 9.17) is 31.5 Å². The Bertz CT molecular complexity index is 1250. The minimum absolute atomic E-state index is 0.0250. The normalized spacial score (nSPS) is 39.2. The summed E-state index contributed by atoms with van der Waals surface area (Å²) < 4.78 is 18.5. The topological polar surface area (TPSA) is 108 Å². The molecule has 4 aliphatic rings. The van der Waals surface area contributed by atoms with Gasteiger partial charge in [0.1, 0.15) is 11.7 Å². The predicted molar refractivity (Wildman–Crippen MR) is 144 cm³/mol. The number of hydrogen-bond donors (Lipinski definition) is 2.